The molecule has 1 aromatic heterocycles. The van der Waals surface area contributed by atoms with E-state index < -0.39 is 10.0 Å². The number of halogens is 1. The summed E-state index contributed by atoms with van der Waals surface area (Å²) in [6.07, 6.45) is 1.75. The Morgan fingerprint density at radius 1 is 1.29 bits per heavy atom. The molecule has 0 spiro atoms. The highest BCUT2D eigenvalue weighted by atomic mass is 35.5. The third-order valence-electron chi connectivity index (χ3n) is 3.10. The van der Waals surface area contributed by atoms with Gasteiger partial charge < -0.3 is 0 Å². The maximum atomic E-state index is 12.5. The number of thiazole rings is 1. The second-order valence-electron chi connectivity index (χ2n) is 4.68. The summed E-state index contributed by atoms with van der Waals surface area (Å²) >= 11 is 7.11. The molecule has 0 aliphatic carbocycles. The average Bonchev–Trinajstić information content (AvgIpc) is 2.98. The Hall–Kier alpha value is -0.950. The van der Waals surface area contributed by atoms with Crippen LogP contribution in [0.2, 0.25) is 0 Å². The monoisotopic (exact) mass is 344 g/mol. The van der Waals surface area contributed by atoms with Gasteiger partial charge in [-0.15, -0.1) is 22.9 Å². The van der Waals surface area contributed by atoms with E-state index in [9.17, 15) is 8.42 Å². The van der Waals surface area contributed by atoms with E-state index >= 15 is 0 Å². The maximum absolute atomic E-state index is 12.5. The lowest BCUT2D eigenvalue weighted by Gasteiger charge is -2.16. The number of nitrogens with zero attached hydrogens (tertiary/aromatic N) is 2. The highest BCUT2D eigenvalue weighted by Gasteiger charge is 2.21. The van der Waals surface area contributed by atoms with E-state index in [1.807, 2.05) is 17.5 Å². The summed E-state index contributed by atoms with van der Waals surface area (Å²) in [6, 6.07) is 6.99. The molecule has 2 aromatic rings. The molecule has 21 heavy (non-hydrogen) atoms. The predicted octanol–water partition coefficient (Wildman–Crippen LogP) is 3.14. The van der Waals surface area contributed by atoms with Crippen LogP contribution < -0.4 is 0 Å². The summed E-state index contributed by atoms with van der Waals surface area (Å²) in [6.45, 7) is 0.278. The van der Waals surface area contributed by atoms with Crippen LogP contribution in [0.3, 0.4) is 0 Å². The Morgan fingerprint density at radius 2 is 2.00 bits per heavy atom. The average molecular weight is 345 g/mol. The van der Waals surface area contributed by atoms with Gasteiger partial charge in [-0.05, 0) is 30.5 Å². The van der Waals surface area contributed by atoms with Crippen LogP contribution in [0.1, 0.15) is 17.7 Å². The minimum Gasteiger partial charge on any atom is -0.248 e. The molecule has 0 aliphatic heterocycles. The number of hydrogen-bond acceptors (Lipinski definition) is 4. The van der Waals surface area contributed by atoms with E-state index in [0.717, 1.165) is 24.1 Å². The molecule has 0 aliphatic rings. The van der Waals surface area contributed by atoms with Crippen molar-refractivity contribution in [2.45, 2.75) is 24.3 Å². The summed E-state index contributed by atoms with van der Waals surface area (Å²) in [5.74, 6) is 0.608. The first-order valence-electron chi connectivity index (χ1n) is 6.52. The van der Waals surface area contributed by atoms with Crippen LogP contribution >= 0.6 is 22.9 Å². The minimum absolute atomic E-state index is 0.278. The molecule has 0 bridgehead atoms. The Balaban J connectivity index is 2.11. The number of benzene rings is 1. The smallest absolute Gasteiger partial charge is 0.243 e. The standard InChI is InChI=1S/C14H17ClN2O2S2/c1-17(9-13-10-20-11-16-13)21(18,19)14-6-4-12(5-7-14)3-2-8-15/h4-7,10-11H,2-3,8-9H2,1H3. The molecule has 2 rings (SSSR count). The van der Waals surface area contributed by atoms with Crippen molar-refractivity contribution >= 4 is 33.0 Å². The van der Waals surface area contributed by atoms with Crippen molar-refractivity contribution in [3.05, 3.63) is 46.4 Å². The molecule has 1 aromatic carbocycles. The van der Waals surface area contributed by atoms with E-state index in [2.05, 4.69) is 4.98 Å². The Bertz CT molecular complexity index is 655. The first kappa shape index (κ1) is 16.4. The van der Waals surface area contributed by atoms with Gasteiger partial charge in [-0.3, -0.25) is 0 Å². The summed E-state index contributed by atoms with van der Waals surface area (Å²) in [7, 11) is -1.91. The second-order valence-corrected chi connectivity index (χ2v) is 7.82. The highest BCUT2D eigenvalue weighted by molar-refractivity contribution is 7.89. The summed E-state index contributed by atoms with van der Waals surface area (Å²) in [4.78, 5) is 4.41. The van der Waals surface area contributed by atoms with Crippen LogP contribution in [0.4, 0.5) is 0 Å². The van der Waals surface area contributed by atoms with Crippen LogP contribution in [0.5, 0.6) is 0 Å². The Kier molecular flexibility index (Phi) is 5.75. The Labute approximate surface area is 134 Å². The molecular weight excluding hydrogens is 328 g/mol. The van der Waals surface area contributed by atoms with Crippen LogP contribution in [0.25, 0.3) is 0 Å². The van der Waals surface area contributed by atoms with Crippen molar-refractivity contribution in [2.24, 2.45) is 0 Å². The number of sulfonamides is 1. The van der Waals surface area contributed by atoms with Gasteiger partial charge in [0.1, 0.15) is 0 Å². The molecule has 0 atom stereocenters. The van der Waals surface area contributed by atoms with Crippen LogP contribution in [-0.2, 0) is 23.0 Å². The number of rotatable bonds is 7. The van der Waals surface area contributed by atoms with Gasteiger partial charge in [0.05, 0.1) is 22.6 Å². The van der Waals surface area contributed by atoms with Crippen molar-refractivity contribution in [3.63, 3.8) is 0 Å². The minimum atomic E-state index is -3.48. The molecule has 0 amide bonds. The van der Waals surface area contributed by atoms with Crippen molar-refractivity contribution < 1.29 is 8.42 Å². The van der Waals surface area contributed by atoms with Gasteiger partial charge >= 0.3 is 0 Å². The topological polar surface area (TPSA) is 50.3 Å². The summed E-state index contributed by atoms with van der Waals surface area (Å²) in [5, 5.41) is 1.85. The van der Waals surface area contributed by atoms with E-state index in [4.69, 9.17) is 11.6 Å². The third-order valence-corrected chi connectivity index (χ3v) is 5.82. The lowest BCUT2D eigenvalue weighted by atomic mass is 10.1. The lowest BCUT2D eigenvalue weighted by Crippen LogP contribution is -2.26. The van der Waals surface area contributed by atoms with Crippen LogP contribution in [-0.4, -0.2) is 30.6 Å². The van der Waals surface area contributed by atoms with Gasteiger partial charge in [0, 0.05) is 18.3 Å². The molecule has 0 N–H and O–H groups in total. The Morgan fingerprint density at radius 3 is 2.57 bits per heavy atom. The van der Waals surface area contributed by atoms with Gasteiger partial charge in [-0.25, -0.2) is 13.4 Å². The van der Waals surface area contributed by atoms with Crippen molar-refractivity contribution in [1.29, 1.82) is 0 Å². The third kappa shape index (κ3) is 4.26. The largest absolute Gasteiger partial charge is 0.248 e. The quantitative estimate of drug-likeness (QED) is 0.725. The van der Waals surface area contributed by atoms with Gasteiger partial charge in [0.25, 0.3) is 0 Å². The lowest BCUT2D eigenvalue weighted by molar-refractivity contribution is 0.463. The molecule has 4 nitrogen and oxygen atoms in total. The zero-order valence-electron chi connectivity index (χ0n) is 11.7. The van der Waals surface area contributed by atoms with E-state index in [1.54, 1.807) is 24.7 Å². The zero-order valence-corrected chi connectivity index (χ0v) is 14.1. The molecule has 1 heterocycles. The predicted molar refractivity (Wildman–Crippen MR) is 86.2 cm³/mol. The summed E-state index contributed by atoms with van der Waals surface area (Å²) in [5.41, 5.74) is 3.54. The highest BCUT2D eigenvalue weighted by Crippen LogP contribution is 2.18. The normalized spacial score (nSPS) is 12.0. The SMILES string of the molecule is CN(Cc1cscn1)S(=O)(=O)c1ccc(CCCCl)cc1. The molecule has 114 valence electrons. The maximum Gasteiger partial charge on any atom is 0.243 e. The molecule has 0 radical (unpaired) electrons. The fourth-order valence-corrected chi connectivity index (χ4v) is 3.73. The van der Waals surface area contributed by atoms with Gasteiger partial charge in [-0.1, -0.05) is 12.1 Å². The zero-order chi connectivity index (χ0) is 15.3. The van der Waals surface area contributed by atoms with Gasteiger partial charge in [-0.2, -0.15) is 4.31 Å². The first-order valence-corrected chi connectivity index (χ1v) is 9.44. The summed E-state index contributed by atoms with van der Waals surface area (Å²) < 4.78 is 26.2. The number of aryl methyl sites for hydroxylation is 1. The second kappa shape index (κ2) is 7.35. The molecule has 7 heteroatoms. The van der Waals surface area contributed by atoms with Crippen molar-refractivity contribution in [2.75, 3.05) is 12.9 Å². The fourth-order valence-electron chi connectivity index (χ4n) is 1.91. The van der Waals surface area contributed by atoms with E-state index in [0.29, 0.717) is 10.8 Å². The van der Waals surface area contributed by atoms with E-state index in [-0.39, 0.29) is 6.54 Å². The van der Waals surface area contributed by atoms with Crippen LogP contribution in [0.15, 0.2) is 40.1 Å². The number of aromatic nitrogens is 1. The van der Waals surface area contributed by atoms with Gasteiger partial charge in [0.2, 0.25) is 10.0 Å². The molecule has 0 fully saturated rings. The molecule has 0 saturated heterocycles. The number of hydrogen-bond donors (Lipinski definition) is 0. The van der Waals surface area contributed by atoms with Crippen molar-refractivity contribution in [3.8, 4) is 0 Å². The molecule has 0 unspecified atom stereocenters. The molecular formula is C14H17ClN2O2S2. The van der Waals surface area contributed by atoms with E-state index in [1.165, 1.54) is 15.6 Å². The van der Waals surface area contributed by atoms with Crippen molar-refractivity contribution in [1.82, 2.24) is 9.29 Å². The molecule has 0 saturated carbocycles. The number of alkyl halides is 1. The first-order chi connectivity index (χ1) is 10.0. The fraction of sp³-hybridized carbons (Fsp3) is 0.357. The van der Waals surface area contributed by atoms with Crippen LogP contribution in [0, 0.1) is 0 Å². The van der Waals surface area contributed by atoms with Gasteiger partial charge in [0.15, 0.2) is 0 Å².